The summed E-state index contributed by atoms with van der Waals surface area (Å²) >= 11 is 0. The average Bonchev–Trinajstić information content (AvgIpc) is 2.79. The molecule has 0 saturated carbocycles. The van der Waals surface area contributed by atoms with Gasteiger partial charge in [-0.2, -0.15) is 5.10 Å². The van der Waals surface area contributed by atoms with Crippen LogP contribution in [0, 0.1) is 5.92 Å². The van der Waals surface area contributed by atoms with Crippen molar-refractivity contribution >= 4 is 16.7 Å². The molecule has 1 aromatic heterocycles. The Kier molecular flexibility index (Phi) is 4.32. The van der Waals surface area contributed by atoms with Crippen molar-refractivity contribution in [3.05, 3.63) is 17.5 Å². The summed E-state index contributed by atoms with van der Waals surface area (Å²) in [5.74, 6) is 0.998. The lowest BCUT2D eigenvalue weighted by atomic mass is 10.1. The molecule has 1 amide bonds. The molecule has 1 aliphatic rings. The quantitative estimate of drug-likeness (QED) is 0.921. The van der Waals surface area contributed by atoms with Crippen LogP contribution in [0.3, 0.4) is 0 Å². The Morgan fingerprint density at radius 3 is 2.85 bits per heavy atom. The minimum absolute atomic E-state index is 0.0685. The fourth-order valence-electron chi connectivity index (χ4n) is 2.43. The van der Waals surface area contributed by atoms with Crippen LogP contribution in [-0.2, 0) is 17.2 Å². The third kappa shape index (κ3) is 3.29. The van der Waals surface area contributed by atoms with E-state index >= 15 is 0 Å². The summed E-state index contributed by atoms with van der Waals surface area (Å²) in [7, 11) is -0.869. The molecule has 0 aliphatic carbocycles. The molecule has 0 radical (unpaired) electrons. The van der Waals surface area contributed by atoms with Crippen LogP contribution in [-0.4, -0.2) is 48.8 Å². The second-order valence-corrected chi connectivity index (χ2v) is 8.62. The van der Waals surface area contributed by atoms with Crippen LogP contribution >= 0.6 is 0 Å². The van der Waals surface area contributed by atoms with Crippen LogP contribution in [0.2, 0.25) is 0 Å². The topological polar surface area (TPSA) is 66.1 Å². The fraction of sp³-hybridized carbons (Fsp3) is 0.714. The SMILES string of the molecule is CC(C)Cc1cc(C(=O)N2CCS(=O)C(C)(C)C2)n[nH]1. The maximum Gasteiger partial charge on any atom is 0.274 e. The van der Waals surface area contributed by atoms with E-state index in [-0.39, 0.29) is 10.7 Å². The van der Waals surface area contributed by atoms with Gasteiger partial charge in [-0.25, -0.2) is 0 Å². The van der Waals surface area contributed by atoms with E-state index in [1.807, 2.05) is 19.9 Å². The van der Waals surface area contributed by atoms with Crippen molar-refractivity contribution in [3.8, 4) is 0 Å². The molecule has 2 heterocycles. The first-order valence-electron chi connectivity index (χ1n) is 7.01. The van der Waals surface area contributed by atoms with Gasteiger partial charge >= 0.3 is 0 Å². The van der Waals surface area contributed by atoms with Gasteiger partial charge in [0.2, 0.25) is 0 Å². The van der Waals surface area contributed by atoms with Gasteiger partial charge in [0.15, 0.2) is 0 Å². The van der Waals surface area contributed by atoms with Crippen molar-refractivity contribution in [3.63, 3.8) is 0 Å². The number of carbonyl (C=O) groups excluding carboxylic acids is 1. The van der Waals surface area contributed by atoms with E-state index in [0.29, 0.717) is 30.5 Å². The highest BCUT2D eigenvalue weighted by atomic mass is 32.2. The fourth-order valence-corrected chi connectivity index (χ4v) is 3.67. The molecule has 5 nitrogen and oxygen atoms in total. The van der Waals surface area contributed by atoms with Gasteiger partial charge in [-0.1, -0.05) is 13.8 Å². The Morgan fingerprint density at radius 2 is 2.25 bits per heavy atom. The number of hydrogen-bond acceptors (Lipinski definition) is 3. The number of carbonyl (C=O) groups is 1. The second kappa shape index (κ2) is 5.68. The smallest absolute Gasteiger partial charge is 0.274 e. The highest BCUT2D eigenvalue weighted by Crippen LogP contribution is 2.21. The normalized spacial score (nSPS) is 22.2. The summed E-state index contributed by atoms with van der Waals surface area (Å²) in [6.45, 7) is 9.20. The molecule has 1 fully saturated rings. The maximum atomic E-state index is 12.4. The molecule has 2 rings (SSSR count). The summed E-state index contributed by atoms with van der Waals surface area (Å²) < 4.78 is 11.6. The molecule has 0 bridgehead atoms. The first-order valence-corrected chi connectivity index (χ1v) is 8.33. The van der Waals surface area contributed by atoms with Crippen LogP contribution in [0.5, 0.6) is 0 Å². The number of rotatable bonds is 3. The Morgan fingerprint density at radius 1 is 1.55 bits per heavy atom. The van der Waals surface area contributed by atoms with E-state index in [1.54, 1.807) is 4.90 Å². The van der Waals surface area contributed by atoms with Gasteiger partial charge in [0.05, 0.1) is 4.75 Å². The lowest BCUT2D eigenvalue weighted by Gasteiger charge is -2.36. The first-order chi connectivity index (χ1) is 9.29. The van der Waals surface area contributed by atoms with Gasteiger partial charge in [-0.15, -0.1) is 0 Å². The summed E-state index contributed by atoms with van der Waals surface area (Å²) in [6, 6.07) is 1.83. The van der Waals surface area contributed by atoms with E-state index in [4.69, 9.17) is 0 Å². The number of nitrogens with zero attached hydrogens (tertiary/aromatic N) is 2. The minimum Gasteiger partial charge on any atom is -0.335 e. The zero-order valence-electron chi connectivity index (χ0n) is 12.6. The van der Waals surface area contributed by atoms with Crippen LogP contribution < -0.4 is 0 Å². The highest BCUT2D eigenvalue weighted by molar-refractivity contribution is 7.86. The van der Waals surface area contributed by atoms with Gasteiger partial charge in [0, 0.05) is 35.3 Å². The zero-order valence-corrected chi connectivity index (χ0v) is 13.4. The number of hydrogen-bond donors (Lipinski definition) is 1. The summed E-state index contributed by atoms with van der Waals surface area (Å²) in [6.07, 6.45) is 0.885. The van der Waals surface area contributed by atoms with E-state index in [0.717, 1.165) is 12.1 Å². The molecule has 0 spiro atoms. The lowest BCUT2D eigenvalue weighted by molar-refractivity contribution is 0.0740. The summed E-state index contributed by atoms with van der Waals surface area (Å²) in [5, 5.41) is 7.05. The number of amides is 1. The maximum absolute atomic E-state index is 12.4. The molecule has 1 atom stereocenters. The van der Waals surface area contributed by atoms with Crippen molar-refractivity contribution in [2.45, 2.75) is 38.9 Å². The Hall–Kier alpha value is -1.17. The summed E-state index contributed by atoms with van der Waals surface area (Å²) in [5.41, 5.74) is 1.45. The van der Waals surface area contributed by atoms with Gasteiger partial charge in [-0.05, 0) is 32.3 Å². The van der Waals surface area contributed by atoms with Gasteiger partial charge in [-0.3, -0.25) is 14.1 Å². The zero-order chi connectivity index (χ0) is 14.9. The Bertz CT molecular complexity index is 522. The molecular weight excluding hydrogens is 274 g/mol. The van der Waals surface area contributed by atoms with Crippen LogP contribution in [0.25, 0.3) is 0 Å². The lowest BCUT2D eigenvalue weighted by Crippen LogP contribution is -2.52. The molecule has 1 saturated heterocycles. The first kappa shape index (κ1) is 15.2. The van der Waals surface area contributed by atoms with E-state index in [2.05, 4.69) is 24.0 Å². The number of aromatic amines is 1. The van der Waals surface area contributed by atoms with Crippen molar-refractivity contribution in [1.29, 1.82) is 0 Å². The third-order valence-electron chi connectivity index (χ3n) is 3.50. The number of H-pyrrole nitrogens is 1. The molecular formula is C14H23N3O2S. The van der Waals surface area contributed by atoms with Crippen LogP contribution in [0.4, 0.5) is 0 Å². The predicted molar refractivity (Wildman–Crippen MR) is 80.1 cm³/mol. The van der Waals surface area contributed by atoms with Crippen molar-refractivity contribution in [2.75, 3.05) is 18.8 Å². The van der Waals surface area contributed by atoms with Crippen LogP contribution in [0.15, 0.2) is 6.07 Å². The molecule has 6 heteroatoms. The largest absolute Gasteiger partial charge is 0.335 e. The van der Waals surface area contributed by atoms with Crippen molar-refractivity contribution in [2.24, 2.45) is 5.92 Å². The predicted octanol–water partition coefficient (Wildman–Crippen LogP) is 1.59. The van der Waals surface area contributed by atoms with Gasteiger partial charge in [0.25, 0.3) is 5.91 Å². The number of nitrogens with one attached hydrogen (secondary N) is 1. The van der Waals surface area contributed by atoms with Gasteiger partial charge < -0.3 is 4.90 Å². The van der Waals surface area contributed by atoms with Crippen molar-refractivity contribution < 1.29 is 9.00 Å². The Labute approximate surface area is 122 Å². The monoisotopic (exact) mass is 297 g/mol. The minimum atomic E-state index is -0.869. The van der Waals surface area contributed by atoms with Gasteiger partial charge in [0.1, 0.15) is 5.69 Å². The average molecular weight is 297 g/mol. The highest BCUT2D eigenvalue weighted by Gasteiger charge is 2.36. The van der Waals surface area contributed by atoms with Crippen LogP contribution in [0.1, 0.15) is 43.9 Å². The van der Waals surface area contributed by atoms with Crippen molar-refractivity contribution in [1.82, 2.24) is 15.1 Å². The molecule has 0 aromatic carbocycles. The van der Waals surface area contributed by atoms with E-state index in [1.165, 1.54) is 0 Å². The standard InChI is InChI=1S/C14H23N3O2S/c1-10(2)7-11-8-12(16-15-11)13(18)17-5-6-20(19)14(3,4)9-17/h8,10H,5-7,9H2,1-4H3,(H,15,16). The summed E-state index contributed by atoms with van der Waals surface area (Å²) in [4.78, 5) is 14.2. The molecule has 1 aliphatic heterocycles. The van der Waals surface area contributed by atoms with E-state index in [9.17, 15) is 9.00 Å². The molecule has 20 heavy (non-hydrogen) atoms. The molecule has 1 N–H and O–H groups in total. The third-order valence-corrected chi connectivity index (χ3v) is 5.42. The molecule has 112 valence electrons. The number of aromatic nitrogens is 2. The molecule has 1 aromatic rings. The van der Waals surface area contributed by atoms with E-state index < -0.39 is 10.8 Å². The molecule has 1 unspecified atom stereocenters. The Balaban J connectivity index is 2.08. The second-order valence-electron chi connectivity index (χ2n) is 6.41.